The summed E-state index contributed by atoms with van der Waals surface area (Å²) in [5, 5.41) is 32.3. The van der Waals surface area contributed by atoms with Crippen molar-refractivity contribution in [2.45, 2.75) is 69.7 Å². The molecule has 3 aromatic rings. The Morgan fingerprint density at radius 1 is 0.878 bits per heavy atom. The molecule has 0 aromatic heterocycles. The van der Waals surface area contributed by atoms with Crippen LogP contribution in [0.1, 0.15) is 74.8 Å². The van der Waals surface area contributed by atoms with Gasteiger partial charge in [-0.1, -0.05) is 84.9 Å². The van der Waals surface area contributed by atoms with Gasteiger partial charge in [-0.05, 0) is 94.3 Å². The Bertz CT molecular complexity index is 1180. The van der Waals surface area contributed by atoms with E-state index in [9.17, 15) is 20.1 Å². The molecule has 2 unspecified atom stereocenters. The molecule has 6 nitrogen and oxygen atoms in total. The fourth-order valence-corrected chi connectivity index (χ4v) is 5.89. The zero-order valence-electron chi connectivity index (χ0n) is 24.6. The van der Waals surface area contributed by atoms with Crippen molar-refractivity contribution in [2.24, 2.45) is 5.92 Å². The van der Waals surface area contributed by atoms with E-state index in [0.717, 1.165) is 61.2 Å². The number of hydrogen-bond donors (Lipinski definition) is 3. The Kier molecular flexibility index (Phi) is 10.4. The Balaban J connectivity index is 1.28. The number of aliphatic hydroxyl groups excluding tert-OH is 2. The summed E-state index contributed by atoms with van der Waals surface area (Å²) in [4.78, 5) is 14.9. The molecule has 1 saturated heterocycles. The molecule has 0 radical (unpaired) electrons. The molecule has 3 N–H and O–H groups in total. The molecule has 220 valence electrons. The number of carbonyl (C=O) groups is 1. The van der Waals surface area contributed by atoms with Crippen molar-refractivity contribution >= 4 is 5.97 Å². The largest absolute Gasteiger partial charge is 0.462 e. The van der Waals surface area contributed by atoms with Crippen molar-refractivity contribution in [1.29, 1.82) is 0 Å². The highest BCUT2D eigenvalue weighted by molar-refractivity contribution is 5.82. The van der Waals surface area contributed by atoms with Crippen molar-refractivity contribution in [1.82, 2.24) is 4.90 Å². The van der Waals surface area contributed by atoms with Crippen LogP contribution in [0.4, 0.5) is 0 Å². The number of piperidine rings is 1. The first-order valence-corrected chi connectivity index (χ1v) is 14.8. The lowest BCUT2D eigenvalue weighted by atomic mass is 9.72. The summed E-state index contributed by atoms with van der Waals surface area (Å²) >= 11 is 0. The molecule has 1 aliphatic rings. The van der Waals surface area contributed by atoms with Crippen LogP contribution in [-0.4, -0.2) is 58.5 Å². The lowest BCUT2D eigenvalue weighted by Crippen LogP contribution is -2.44. The Morgan fingerprint density at radius 3 is 1.93 bits per heavy atom. The van der Waals surface area contributed by atoms with E-state index in [-0.39, 0.29) is 18.5 Å². The van der Waals surface area contributed by atoms with Crippen molar-refractivity contribution in [3.05, 3.63) is 107 Å². The van der Waals surface area contributed by atoms with E-state index in [0.29, 0.717) is 6.42 Å². The second kappa shape index (κ2) is 13.8. The third-order valence-corrected chi connectivity index (χ3v) is 8.54. The van der Waals surface area contributed by atoms with E-state index in [1.54, 1.807) is 20.8 Å². The molecule has 2 atom stereocenters. The minimum atomic E-state index is -1.01. The summed E-state index contributed by atoms with van der Waals surface area (Å²) in [5.41, 5.74) is 1.66. The standard InChI is InChI=1S/C35H45NO5/c1-26(37)25-41-33(39)34(2,3)28-18-16-27(17-19-28)32(38)15-10-22-36-23-20-31(21-24-36)35(40,29-11-6-4-7-12-29)30-13-8-5-9-14-30/h4-9,11-14,16-19,26,31-32,37-38,40H,10,15,20-25H2,1-3H3. The van der Waals surface area contributed by atoms with Crippen molar-refractivity contribution in [3.8, 4) is 0 Å². The van der Waals surface area contributed by atoms with Crippen LogP contribution in [0.2, 0.25) is 0 Å². The Morgan fingerprint density at radius 2 is 1.41 bits per heavy atom. The van der Waals surface area contributed by atoms with Crippen LogP contribution in [-0.2, 0) is 20.5 Å². The molecule has 3 aromatic carbocycles. The highest BCUT2D eigenvalue weighted by Crippen LogP contribution is 2.42. The quantitative estimate of drug-likeness (QED) is 0.259. The van der Waals surface area contributed by atoms with Gasteiger partial charge in [0, 0.05) is 0 Å². The number of benzene rings is 3. The number of rotatable bonds is 12. The minimum Gasteiger partial charge on any atom is -0.462 e. The predicted molar refractivity (Wildman–Crippen MR) is 161 cm³/mol. The van der Waals surface area contributed by atoms with Crippen molar-refractivity contribution in [2.75, 3.05) is 26.2 Å². The van der Waals surface area contributed by atoms with Crippen molar-refractivity contribution in [3.63, 3.8) is 0 Å². The van der Waals surface area contributed by atoms with Gasteiger partial charge in [0.15, 0.2) is 0 Å². The van der Waals surface area contributed by atoms with Gasteiger partial charge in [-0.15, -0.1) is 0 Å². The average molecular weight is 560 g/mol. The number of nitrogens with zero attached hydrogens (tertiary/aromatic N) is 1. The van der Waals surface area contributed by atoms with Gasteiger partial charge in [0.2, 0.25) is 0 Å². The van der Waals surface area contributed by atoms with Crippen LogP contribution in [0.15, 0.2) is 84.9 Å². The molecular formula is C35H45NO5. The van der Waals surface area contributed by atoms with Crippen LogP contribution in [0.3, 0.4) is 0 Å². The maximum Gasteiger partial charge on any atom is 0.316 e. The monoisotopic (exact) mass is 559 g/mol. The van der Waals surface area contributed by atoms with E-state index < -0.39 is 23.2 Å². The summed E-state index contributed by atoms with van der Waals surface area (Å²) in [5.74, 6) is -0.261. The maximum absolute atomic E-state index is 12.5. The number of hydrogen-bond acceptors (Lipinski definition) is 6. The molecule has 1 aliphatic heterocycles. The molecule has 1 heterocycles. The van der Waals surface area contributed by atoms with E-state index in [4.69, 9.17) is 4.74 Å². The molecule has 0 aliphatic carbocycles. The van der Waals surface area contributed by atoms with Crippen molar-refractivity contribution < 1.29 is 24.9 Å². The predicted octanol–water partition coefficient (Wildman–Crippen LogP) is 5.35. The minimum absolute atomic E-state index is 0.0301. The Labute approximate surface area is 244 Å². The molecule has 1 fully saturated rings. The number of ether oxygens (including phenoxy) is 1. The average Bonchev–Trinajstić information content (AvgIpc) is 3.00. The van der Waals surface area contributed by atoms with Gasteiger partial charge in [0.05, 0.1) is 17.6 Å². The molecule has 41 heavy (non-hydrogen) atoms. The fourth-order valence-electron chi connectivity index (χ4n) is 5.89. The molecule has 0 saturated carbocycles. The molecule has 0 spiro atoms. The number of carbonyl (C=O) groups excluding carboxylic acids is 1. The van der Waals surface area contributed by atoms with E-state index in [1.807, 2.05) is 84.9 Å². The van der Waals surface area contributed by atoms with E-state index >= 15 is 0 Å². The summed E-state index contributed by atoms with van der Waals surface area (Å²) in [7, 11) is 0. The highest BCUT2D eigenvalue weighted by atomic mass is 16.5. The van der Waals surface area contributed by atoms with Gasteiger partial charge in [-0.25, -0.2) is 0 Å². The SMILES string of the molecule is CC(O)COC(=O)C(C)(C)c1ccc(C(O)CCCN2CCC(C(O)(c3ccccc3)c3ccccc3)CC2)cc1. The molecular weight excluding hydrogens is 514 g/mol. The molecule has 0 bridgehead atoms. The Hall–Kier alpha value is -3.03. The second-order valence-corrected chi connectivity index (χ2v) is 12.0. The first-order chi connectivity index (χ1) is 19.6. The summed E-state index contributed by atoms with van der Waals surface area (Å²) in [6.07, 6.45) is 2.04. The maximum atomic E-state index is 12.5. The van der Waals surface area contributed by atoms with Gasteiger partial charge in [0.25, 0.3) is 0 Å². The molecule has 6 heteroatoms. The molecule has 4 rings (SSSR count). The highest BCUT2D eigenvalue weighted by Gasteiger charge is 2.41. The summed E-state index contributed by atoms with van der Waals surface area (Å²) < 4.78 is 5.22. The zero-order chi connectivity index (χ0) is 29.5. The summed E-state index contributed by atoms with van der Waals surface area (Å²) in [6, 6.07) is 27.5. The van der Waals surface area contributed by atoms with Gasteiger partial charge in [-0.2, -0.15) is 0 Å². The molecule has 0 amide bonds. The van der Waals surface area contributed by atoms with Crippen LogP contribution < -0.4 is 0 Å². The topological polar surface area (TPSA) is 90.2 Å². The number of aliphatic hydroxyl groups is 3. The third-order valence-electron chi connectivity index (χ3n) is 8.54. The number of esters is 1. The zero-order valence-corrected chi connectivity index (χ0v) is 24.6. The van der Waals surface area contributed by atoms with E-state index in [1.165, 1.54) is 0 Å². The van der Waals surface area contributed by atoms with Gasteiger partial charge in [-0.3, -0.25) is 4.79 Å². The second-order valence-electron chi connectivity index (χ2n) is 12.0. The summed E-state index contributed by atoms with van der Waals surface area (Å²) in [6.45, 7) is 7.88. The fraction of sp³-hybridized carbons (Fsp3) is 0.457. The first-order valence-electron chi connectivity index (χ1n) is 14.8. The first kappa shape index (κ1) is 30.9. The number of likely N-dealkylation sites (tertiary alicyclic amines) is 1. The third kappa shape index (κ3) is 7.44. The smallest absolute Gasteiger partial charge is 0.316 e. The van der Waals surface area contributed by atoms with Gasteiger partial charge in [0.1, 0.15) is 12.2 Å². The van der Waals surface area contributed by atoms with Crippen LogP contribution >= 0.6 is 0 Å². The lowest BCUT2D eigenvalue weighted by Gasteiger charge is -2.42. The lowest BCUT2D eigenvalue weighted by molar-refractivity contribution is -0.152. The van der Waals surface area contributed by atoms with Crippen LogP contribution in [0, 0.1) is 5.92 Å². The van der Waals surface area contributed by atoms with E-state index in [2.05, 4.69) is 4.90 Å². The van der Waals surface area contributed by atoms with Crippen LogP contribution in [0.25, 0.3) is 0 Å². The normalized spacial score (nSPS) is 16.7. The van der Waals surface area contributed by atoms with Gasteiger partial charge >= 0.3 is 5.97 Å². The van der Waals surface area contributed by atoms with Gasteiger partial charge < -0.3 is 25.0 Å². The van der Waals surface area contributed by atoms with Crippen LogP contribution in [0.5, 0.6) is 0 Å².